The fourth-order valence-corrected chi connectivity index (χ4v) is 4.00. The van der Waals surface area contributed by atoms with E-state index in [-0.39, 0.29) is 30.6 Å². The van der Waals surface area contributed by atoms with E-state index in [9.17, 15) is 14.4 Å². The Balaban J connectivity index is 1.24. The predicted molar refractivity (Wildman–Crippen MR) is 120 cm³/mol. The third-order valence-corrected chi connectivity index (χ3v) is 5.77. The summed E-state index contributed by atoms with van der Waals surface area (Å²) in [7, 11) is 1.76. The van der Waals surface area contributed by atoms with Gasteiger partial charge in [-0.3, -0.25) is 14.4 Å². The van der Waals surface area contributed by atoms with Crippen molar-refractivity contribution < 1.29 is 23.9 Å². The van der Waals surface area contributed by atoms with Crippen LogP contribution in [-0.2, 0) is 16.6 Å². The number of aryl methyl sites for hydroxylation is 1. The second kappa shape index (κ2) is 8.42. The number of nitrogens with one attached hydrogen (secondary N) is 1. The zero-order valence-corrected chi connectivity index (χ0v) is 18.0. The van der Waals surface area contributed by atoms with E-state index in [0.717, 1.165) is 0 Å². The number of fused-ring (bicyclic) bond motifs is 1. The molecule has 0 bridgehead atoms. The number of anilines is 2. The summed E-state index contributed by atoms with van der Waals surface area (Å²) in [5, 5.41) is 2.84. The Morgan fingerprint density at radius 1 is 1.06 bits per heavy atom. The molecule has 1 atom stereocenters. The van der Waals surface area contributed by atoms with E-state index in [4.69, 9.17) is 9.47 Å². The summed E-state index contributed by atoms with van der Waals surface area (Å²) in [5.41, 5.74) is 1.71. The Morgan fingerprint density at radius 3 is 2.55 bits per heavy atom. The van der Waals surface area contributed by atoms with Gasteiger partial charge in [0, 0.05) is 55.4 Å². The molecule has 0 unspecified atom stereocenters. The normalized spacial score (nSPS) is 17.2. The van der Waals surface area contributed by atoms with E-state index in [1.165, 1.54) is 0 Å². The highest BCUT2D eigenvalue weighted by molar-refractivity contribution is 6.07. The third kappa shape index (κ3) is 4.05. The highest BCUT2D eigenvalue weighted by atomic mass is 16.6. The van der Waals surface area contributed by atoms with Crippen LogP contribution in [0.3, 0.4) is 0 Å². The van der Waals surface area contributed by atoms with Crippen molar-refractivity contribution in [2.45, 2.75) is 6.42 Å². The van der Waals surface area contributed by atoms with Crippen molar-refractivity contribution >= 4 is 29.0 Å². The molecule has 2 aliphatic rings. The second-order valence-electron chi connectivity index (χ2n) is 7.99. The molecule has 9 heteroatoms. The predicted octanol–water partition coefficient (Wildman–Crippen LogP) is 2.41. The van der Waals surface area contributed by atoms with Crippen LogP contribution in [0.1, 0.15) is 22.6 Å². The van der Waals surface area contributed by atoms with Crippen molar-refractivity contribution in [1.29, 1.82) is 0 Å². The van der Waals surface area contributed by atoms with Crippen molar-refractivity contribution in [3.8, 4) is 11.5 Å². The van der Waals surface area contributed by atoms with Crippen LogP contribution >= 0.6 is 0 Å². The number of hydrogen-bond acceptors (Lipinski definition) is 6. The quantitative estimate of drug-likeness (QED) is 0.604. The van der Waals surface area contributed by atoms with Gasteiger partial charge in [0.2, 0.25) is 17.6 Å². The van der Waals surface area contributed by atoms with Crippen molar-refractivity contribution in [3.63, 3.8) is 0 Å². The first-order valence-corrected chi connectivity index (χ1v) is 10.6. The van der Waals surface area contributed by atoms with Gasteiger partial charge in [-0.25, -0.2) is 4.98 Å². The molecule has 1 aromatic heterocycles. The van der Waals surface area contributed by atoms with Crippen LogP contribution in [0.5, 0.6) is 11.5 Å². The number of imidazole rings is 1. The fourth-order valence-electron chi connectivity index (χ4n) is 4.00. The van der Waals surface area contributed by atoms with Crippen LogP contribution in [0, 0.1) is 5.92 Å². The van der Waals surface area contributed by atoms with E-state index in [1.807, 2.05) is 0 Å². The topological polar surface area (TPSA) is 103 Å². The average Bonchev–Trinajstić information content (AvgIpc) is 3.44. The molecule has 1 saturated heterocycles. The molecule has 3 aromatic rings. The summed E-state index contributed by atoms with van der Waals surface area (Å²) in [6, 6.07) is 12.0. The number of carbonyl (C=O) groups is 3. The fraction of sp³-hybridized carbons (Fsp3) is 0.250. The lowest BCUT2D eigenvalue weighted by atomic mass is 10.1. The first-order chi connectivity index (χ1) is 16.0. The van der Waals surface area contributed by atoms with Crippen LogP contribution in [0.4, 0.5) is 11.4 Å². The molecule has 0 aliphatic carbocycles. The van der Waals surface area contributed by atoms with Crippen LogP contribution in [0.15, 0.2) is 54.9 Å². The van der Waals surface area contributed by atoms with Gasteiger partial charge in [-0.15, -0.1) is 0 Å². The van der Waals surface area contributed by atoms with Gasteiger partial charge in [0.1, 0.15) is 13.2 Å². The summed E-state index contributed by atoms with van der Waals surface area (Å²) in [4.78, 5) is 43.6. The number of nitrogens with zero attached hydrogens (tertiary/aromatic N) is 3. The molecule has 1 N–H and O–H groups in total. The second-order valence-corrected chi connectivity index (χ2v) is 7.99. The molecule has 2 aromatic carbocycles. The van der Waals surface area contributed by atoms with Gasteiger partial charge < -0.3 is 24.3 Å². The standard InChI is InChI=1S/C24H22N4O5/c1-27-9-8-25-23(27)22(30)15-2-4-17(5-3-15)26-24(31)16-12-21(29)28(14-16)18-6-7-19-20(13-18)33-11-10-32-19/h2-9,13,16H,10-12,14H2,1H3,(H,26,31)/t16-/m0/s1. The first-order valence-electron chi connectivity index (χ1n) is 10.6. The molecule has 0 spiro atoms. The van der Waals surface area contributed by atoms with Crippen LogP contribution in [-0.4, -0.2) is 46.9 Å². The van der Waals surface area contributed by atoms with E-state index in [2.05, 4.69) is 10.3 Å². The number of rotatable bonds is 5. The van der Waals surface area contributed by atoms with Gasteiger partial charge in [0.25, 0.3) is 0 Å². The first kappa shape index (κ1) is 20.7. The van der Waals surface area contributed by atoms with E-state index in [1.54, 1.807) is 71.4 Å². The minimum absolute atomic E-state index is 0.121. The largest absolute Gasteiger partial charge is 0.486 e. The SMILES string of the molecule is Cn1ccnc1C(=O)c1ccc(NC(=O)[C@H]2CC(=O)N(c3ccc4c(c3)OCCO4)C2)cc1. The number of amides is 2. The lowest BCUT2D eigenvalue weighted by Gasteiger charge is -2.22. The van der Waals surface area contributed by atoms with Crippen molar-refractivity contribution in [1.82, 2.24) is 9.55 Å². The number of ketones is 1. The number of hydrogen-bond donors (Lipinski definition) is 1. The summed E-state index contributed by atoms with van der Waals surface area (Å²) < 4.78 is 12.8. The molecule has 9 nitrogen and oxygen atoms in total. The maximum atomic E-state index is 12.8. The molecule has 3 heterocycles. The van der Waals surface area contributed by atoms with Crippen LogP contribution in [0.25, 0.3) is 0 Å². The minimum Gasteiger partial charge on any atom is -0.486 e. The molecule has 0 radical (unpaired) electrons. The smallest absolute Gasteiger partial charge is 0.229 e. The highest BCUT2D eigenvalue weighted by Gasteiger charge is 2.35. The van der Waals surface area contributed by atoms with Gasteiger partial charge in [0.05, 0.1) is 5.92 Å². The van der Waals surface area contributed by atoms with E-state index in [0.29, 0.717) is 47.5 Å². The number of ether oxygens (including phenoxy) is 2. The summed E-state index contributed by atoms with van der Waals surface area (Å²) >= 11 is 0. The van der Waals surface area contributed by atoms with Gasteiger partial charge in [-0.05, 0) is 36.4 Å². The molecule has 2 amide bonds. The minimum atomic E-state index is -0.487. The molecule has 2 aliphatic heterocycles. The van der Waals surface area contributed by atoms with Gasteiger partial charge in [-0.2, -0.15) is 0 Å². The Bertz CT molecular complexity index is 1230. The van der Waals surface area contributed by atoms with Gasteiger partial charge in [-0.1, -0.05) is 0 Å². The summed E-state index contributed by atoms with van der Waals surface area (Å²) in [6.45, 7) is 1.23. The van der Waals surface area contributed by atoms with Crippen molar-refractivity contribution in [2.24, 2.45) is 13.0 Å². The molecular formula is C24H22N4O5. The Hall–Kier alpha value is -4.14. The maximum absolute atomic E-state index is 12.8. The molecule has 33 heavy (non-hydrogen) atoms. The van der Waals surface area contributed by atoms with E-state index >= 15 is 0 Å². The molecule has 168 valence electrons. The lowest BCUT2D eigenvalue weighted by molar-refractivity contribution is -0.122. The number of aromatic nitrogens is 2. The average molecular weight is 446 g/mol. The van der Waals surface area contributed by atoms with E-state index < -0.39 is 5.92 Å². The van der Waals surface area contributed by atoms with Crippen molar-refractivity contribution in [3.05, 3.63) is 66.2 Å². The third-order valence-electron chi connectivity index (χ3n) is 5.77. The molecule has 5 rings (SSSR count). The monoisotopic (exact) mass is 446 g/mol. The zero-order valence-electron chi connectivity index (χ0n) is 18.0. The Kier molecular flexibility index (Phi) is 5.29. The lowest BCUT2D eigenvalue weighted by Crippen LogP contribution is -2.28. The van der Waals surface area contributed by atoms with Crippen LogP contribution in [0.2, 0.25) is 0 Å². The summed E-state index contributed by atoms with van der Waals surface area (Å²) in [5.74, 6) is 0.539. The summed E-state index contributed by atoms with van der Waals surface area (Å²) in [6.07, 6.45) is 3.40. The number of benzene rings is 2. The highest BCUT2D eigenvalue weighted by Crippen LogP contribution is 2.36. The van der Waals surface area contributed by atoms with Gasteiger partial charge in [0.15, 0.2) is 17.3 Å². The maximum Gasteiger partial charge on any atom is 0.229 e. The van der Waals surface area contributed by atoms with Gasteiger partial charge >= 0.3 is 0 Å². The number of carbonyl (C=O) groups excluding carboxylic acids is 3. The zero-order chi connectivity index (χ0) is 22.9. The Morgan fingerprint density at radius 2 is 1.82 bits per heavy atom. The van der Waals surface area contributed by atoms with Crippen LogP contribution < -0.4 is 19.7 Å². The molecule has 0 saturated carbocycles. The molecular weight excluding hydrogens is 424 g/mol. The Labute approximate surface area is 189 Å². The van der Waals surface area contributed by atoms with Crippen molar-refractivity contribution in [2.75, 3.05) is 30.0 Å². The molecule has 1 fully saturated rings.